The molecule has 1 aliphatic heterocycles. The molecule has 0 aliphatic carbocycles. The lowest BCUT2D eigenvalue weighted by atomic mass is 10.1. The van der Waals surface area contributed by atoms with E-state index in [0.29, 0.717) is 41.9 Å². The Balaban J connectivity index is 1.66. The first-order chi connectivity index (χ1) is 15.1. The fourth-order valence-corrected chi connectivity index (χ4v) is 3.29. The predicted octanol–water partition coefficient (Wildman–Crippen LogP) is 4.03. The molecule has 4 rings (SSSR count). The van der Waals surface area contributed by atoms with Gasteiger partial charge in [0.2, 0.25) is 5.88 Å². The van der Waals surface area contributed by atoms with Gasteiger partial charge >= 0.3 is 12.0 Å². The Morgan fingerprint density at radius 1 is 1.13 bits per heavy atom. The minimum absolute atomic E-state index is 0.0793. The summed E-state index contributed by atoms with van der Waals surface area (Å²) in [6, 6.07) is 12.2. The van der Waals surface area contributed by atoms with Crippen molar-refractivity contribution in [2.24, 2.45) is 0 Å². The van der Waals surface area contributed by atoms with Crippen LogP contribution < -0.4 is 24.4 Å². The minimum Gasteiger partial charge on any atom is -0.490 e. The van der Waals surface area contributed by atoms with Gasteiger partial charge in [-0.25, -0.2) is 9.78 Å². The number of methoxy groups -OCH3 is 2. The first-order valence-corrected chi connectivity index (χ1v) is 9.90. The molecule has 1 aliphatic rings. The zero-order valence-electron chi connectivity index (χ0n) is 17.0. The van der Waals surface area contributed by atoms with Crippen molar-refractivity contribution in [1.82, 2.24) is 15.0 Å². The lowest BCUT2D eigenvalue weighted by Gasteiger charge is -2.21. The number of hydrogen-bond acceptors (Lipinski definition) is 7. The minimum atomic E-state index is -0.412. The lowest BCUT2D eigenvalue weighted by molar-refractivity contribution is 0.256. The van der Waals surface area contributed by atoms with Crippen LogP contribution in [-0.4, -0.2) is 48.4 Å². The number of amides is 2. The van der Waals surface area contributed by atoms with Crippen molar-refractivity contribution in [1.29, 1.82) is 0 Å². The SMILES string of the molecule is COc1cc(NC(=O)N2CCCOc3ccc(-c4cccc(Cl)c4)nc32)nc(OC)n1. The van der Waals surface area contributed by atoms with E-state index in [9.17, 15) is 4.79 Å². The second kappa shape index (κ2) is 9.05. The Hall–Kier alpha value is -3.59. The first-order valence-electron chi connectivity index (χ1n) is 9.53. The molecule has 0 unspecified atom stereocenters. The third kappa shape index (κ3) is 4.61. The van der Waals surface area contributed by atoms with Crippen molar-refractivity contribution < 1.29 is 19.0 Å². The van der Waals surface area contributed by atoms with Gasteiger partial charge in [0.15, 0.2) is 11.6 Å². The average Bonchev–Trinajstić information content (AvgIpc) is 3.00. The summed E-state index contributed by atoms with van der Waals surface area (Å²) in [7, 11) is 2.90. The molecule has 31 heavy (non-hydrogen) atoms. The second-order valence-corrected chi connectivity index (χ2v) is 7.03. The van der Waals surface area contributed by atoms with Crippen LogP contribution in [0.25, 0.3) is 11.3 Å². The topological polar surface area (TPSA) is 98.7 Å². The number of ether oxygens (including phenoxy) is 3. The molecule has 3 aromatic rings. The van der Waals surface area contributed by atoms with Gasteiger partial charge in [-0.2, -0.15) is 9.97 Å². The molecule has 2 aromatic heterocycles. The summed E-state index contributed by atoms with van der Waals surface area (Å²) in [6.07, 6.45) is 0.646. The lowest BCUT2D eigenvalue weighted by Crippen LogP contribution is -2.36. The van der Waals surface area contributed by atoms with Crippen LogP contribution in [0.4, 0.5) is 16.4 Å². The van der Waals surface area contributed by atoms with E-state index >= 15 is 0 Å². The molecule has 10 heteroatoms. The van der Waals surface area contributed by atoms with Gasteiger partial charge < -0.3 is 14.2 Å². The molecule has 3 heterocycles. The highest BCUT2D eigenvalue weighted by atomic mass is 35.5. The maximum absolute atomic E-state index is 13.1. The molecule has 0 saturated heterocycles. The third-order valence-electron chi connectivity index (χ3n) is 4.55. The fourth-order valence-electron chi connectivity index (χ4n) is 3.10. The molecule has 0 atom stereocenters. The summed E-state index contributed by atoms with van der Waals surface area (Å²) < 4.78 is 16.0. The number of pyridine rings is 1. The average molecular weight is 442 g/mol. The molecule has 2 amide bonds. The zero-order valence-corrected chi connectivity index (χ0v) is 17.7. The Morgan fingerprint density at radius 3 is 2.77 bits per heavy atom. The van der Waals surface area contributed by atoms with Crippen molar-refractivity contribution >= 4 is 29.3 Å². The smallest absolute Gasteiger partial charge is 0.328 e. The Labute approximate surface area is 184 Å². The van der Waals surface area contributed by atoms with Crippen molar-refractivity contribution in [2.75, 3.05) is 37.6 Å². The highest BCUT2D eigenvalue weighted by Gasteiger charge is 2.25. The summed E-state index contributed by atoms with van der Waals surface area (Å²) in [5, 5.41) is 3.36. The highest BCUT2D eigenvalue weighted by Crippen LogP contribution is 2.33. The predicted molar refractivity (Wildman–Crippen MR) is 116 cm³/mol. The molecule has 1 N–H and O–H groups in total. The van der Waals surface area contributed by atoms with Crippen LogP contribution in [0, 0.1) is 0 Å². The Morgan fingerprint density at radius 2 is 2.00 bits per heavy atom. The monoisotopic (exact) mass is 441 g/mol. The summed E-state index contributed by atoms with van der Waals surface area (Å²) >= 11 is 6.12. The van der Waals surface area contributed by atoms with Crippen molar-refractivity contribution in [3.63, 3.8) is 0 Å². The fraction of sp³-hybridized carbons (Fsp3) is 0.238. The summed E-state index contributed by atoms with van der Waals surface area (Å²) in [5.41, 5.74) is 1.51. The summed E-state index contributed by atoms with van der Waals surface area (Å²) in [5.74, 6) is 1.45. The second-order valence-electron chi connectivity index (χ2n) is 6.59. The number of urea groups is 1. The van der Waals surface area contributed by atoms with Crippen LogP contribution in [0.5, 0.6) is 17.6 Å². The van der Waals surface area contributed by atoms with Crippen molar-refractivity contribution in [3.05, 3.63) is 47.5 Å². The van der Waals surface area contributed by atoms with Crippen LogP contribution in [-0.2, 0) is 0 Å². The molecule has 1 aromatic carbocycles. The molecular weight excluding hydrogens is 422 g/mol. The molecule has 160 valence electrons. The summed E-state index contributed by atoms with van der Waals surface area (Å²) in [4.78, 5) is 27.5. The van der Waals surface area contributed by atoms with Gasteiger partial charge in [0, 0.05) is 23.2 Å². The van der Waals surface area contributed by atoms with Gasteiger partial charge in [-0.05, 0) is 30.7 Å². The number of benzene rings is 1. The maximum atomic E-state index is 13.1. The van der Waals surface area contributed by atoms with Gasteiger partial charge in [0.05, 0.1) is 26.5 Å². The number of anilines is 2. The Kier molecular flexibility index (Phi) is 6.03. The van der Waals surface area contributed by atoms with Gasteiger partial charge in [0.1, 0.15) is 5.82 Å². The molecule has 0 spiro atoms. The number of hydrogen-bond donors (Lipinski definition) is 1. The first kappa shape index (κ1) is 20.7. The van der Waals surface area contributed by atoms with Gasteiger partial charge in [-0.3, -0.25) is 10.2 Å². The summed E-state index contributed by atoms with van der Waals surface area (Å²) in [6.45, 7) is 0.897. The number of nitrogens with zero attached hydrogens (tertiary/aromatic N) is 4. The highest BCUT2D eigenvalue weighted by molar-refractivity contribution is 6.30. The number of carbonyl (C=O) groups excluding carboxylic acids is 1. The van der Waals surface area contributed by atoms with Crippen LogP contribution in [0.1, 0.15) is 6.42 Å². The molecule has 0 fully saturated rings. The normalized spacial score (nSPS) is 12.9. The number of carbonyl (C=O) groups is 1. The quantitative estimate of drug-likeness (QED) is 0.652. The molecule has 0 saturated carbocycles. The van der Waals surface area contributed by atoms with Gasteiger partial charge in [0.25, 0.3) is 0 Å². The number of fused-ring (bicyclic) bond motifs is 1. The number of aromatic nitrogens is 3. The zero-order chi connectivity index (χ0) is 21.8. The van der Waals surface area contributed by atoms with E-state index in [0.717, 1.165) is 5.56 Å². The van der Waals surface area contributed by atoms with E-state index in [1.54, 1.807) is 12.1 Å². The molecular formula is C21H20ClN5O4. The van der Waals surface area contributed by atoms with E-state index in [4.69, 9.17) is 30.8 Å². The van der Waals surface area contributed by atoms with Crippen LogP contribution in [0.3, 0.4) is 0 Å². The largest absolute Gasteiger partial charge is 0.490 e. The van der Waals surface area contributed by atoms with Crippen molar-refractivity contribution in [3.8, 4) is 28.9 Å². The van der Waals surface area contributed by atoms with Crippen LogP contribution in [0.15, 0.2) is 42.5 Å². The van der Waals surface area contributed by atoms with Gasteiger partial charge in [-0.1, -0.05) is 23.7 Å². The van der Waals surface area contributed by atoms with E-state index in [-0.39, 0.29) is 17.7 Å². The third-order valence-corrected chi connectivity index (χ3v) is 4.79. The van der Waals surface area contributed by atoms with Crippen LogP contribution in [0.2, 0.25) is 5.02 Å². The van der Waals surface area contributed by atoms with E-state index in [1.807, 2.05) is 24.3 Å². The van der Waals surface area contributed by atoms with E-state index in [2.05, 4.69) is 15.3 Å². The Bertz CT molecular complexity index is 1090. The van der Waals surface area contributed by atoms with E-state index < -0.39 is 6.03 Å². The molecule has 9 nitrogen and oxygen atoms in total. The van der Waals surface area contributed by atoms with Gasteiger partial charge in [-0.15, -0.1) is 0 Å². The van der Waals surface area contributed by atoms with E-state index in [1.165, 1.54) is 25.2 Å². The maximum Gasteiger partial charge on any atom is 0.328 e. The van der Waals surface area contributed by atoms with Crippen molar-refractivity contribution in [2.45, 2.75) is 6.42 Å². The molecule has 0 radical (unpaired) electrons. The van der Waals surface area contributed by atoms with Crippen LogP contribution >= 0.6 is 11.6 Å². The number of nitrogens with one attached hydrogen (secondary N) is 1. The molecule has 0 bridgehead atoms. The number of rotatable bonds is 4. The number of halogens is 1. The standard InChI is InChI=1S/C21H20ClN5O4/c1-29-18-12-17(24-20(26-18)30-2)25-21(28)27-9-4-10-31-16-8-7-15(23-19(16)27)13-5-3-6-14(22)11-13/h3,5-8,11-12H,4,9-10H2,1-2H3,(H,24,25,26,28).